The van der Waals surface area contributed by atoms with Crippen LogP contribution in [0.5, 0.6) is 5.75 Å². The number of nitrogens with zero attached hydrogens (tertiary/aromatic N) is 1. The van der Waals surface area contributed by atoms with Crippen molar-refractivity contribution < 1.29 is 9.84 Å². The van der Waals surface area contributed by atoms with Gasteiger partial charge in [0.15, 0.2) is 0 Å². The minimum Gasteiger partial charge on any atom is -0.496 e. The summed E-state index contributed by atoms with van der Waals surface area (Å²) < 4.78 is 5.42. The monoisotopic (exact) mass is 262 g/mol. The highest BCUT2D eigenvalue weighted by atomic mass is 16.5. The Morgan fingerprint density at radius 3 is 2.63 bits per heavy atom. The molecule has 3 N–H and O–H groups in total. The number of nitrogen functional groups attached to an aromatic ring is 1. The topological polar surface area (TPSA) is 58.7 Å². The zero-order chi connectivity index (χ0) is 13.4. The lowest BCUT2D eigenvalue weighted by Gasteiger charge is -2.37. The molecule has 19 heavy (non-hydrogen) atoms. The van der Waals surface area contributed by atoms with Crippen molar-refractivity contribution in [2.24, 2.45) is 0 Å². The second-order valence-electron chi connectivity index (χ2n) is 5.75. The summed E-state index contributed by atoms with van der Waals surface area (Å²) in [5.74, 6) is 0.903. The predicted molar refractivity (Wildman–Crippen MR) is 75.0 cm³/mol. The van der Waals surface area contributed by atoms with E-state index in [2.05, 4.69) is 4.90 Å². The number of benzene rings is 1. The summed E-state index contributed by atoms with van der Waals surface area (Å²) in [5.41, 5.74) is 7.81. The third kappa shape index (κ3) is 2.42. The first kappa shape index (κ1) is 12.8. The standard InChI is InChI=1S/C15H22N2O2/c1-19-15-5-2-11(16)6-10(15)9-17-12-3-4-13(17)8-14(18)7-12/h2,5-6,12-14,18H,3-4,7-9,16H2,1H3. The number of piperidine rings is 1. The molecule has 4 heteroatoms. The van der Waals surface area contributed by atoms with Crippen molar-refractivity contribution in [3.05, 3.63) is 23.8 Å². The van der Waals surface area contributed by atoms with E-state index in [4.69, 9.17) is 10.5 Å². The highest BCUT2D eigenvalue weighted by Gasteiger charge is 2.40. The molecule has 2 heterocycles. The summed E-state index contributed by atoms with van der Waals surface area (Å²) in [4.78, 5) is 2.52. The van der Waals surface area contributed by atoms with E-state index in [0.29, 0.717) is 12.1 Å². The van der Waals surface area contributed by atoms with Gasteiger partial charge in [-0.25, -0.2) is 0 Å². The van der Waals surface area contributed by atoms with Gasteiger partial charge in [-0.05, 0) is 43.9 Å². The fourth-order valence-corrected chi connectivity index (χ4v) is 3.62. The molecule has 2 aliphatic rings. The van der Waals surface area contributed by atoms with Gasteiger partial charge in [0.2, 0.25) is 0 Å². The lowest BCUT2D eigenvalue weighted by atomic mass is 9.99. The second-order valence-corrected chi connectivity index (χ2v) is 5.75. The number of ether oxygens (including phenoxy) is 1. The lowest BCUT2D eigenvalue weighted by Crippen LogP contribution is -2.44. The van der Waals surface area contributed by atoms with Crippen molar-refractivity contribution >= 4 is 5.69 Å². The number of hydrogen-bond acceptors (Lipinski definition) is 4. The van der Waals surface area contributed by atoms with Gasteiger partial charge < -0.3 is 15.6 Å². The van der Waals surface area contributed by atoms with Crippen LogP contribution in [0.3, 0.4) is 0 Å². The van der Waals surface area contributed by atoms with Crippen LogP contribution in [0.25, 0.3) is 0 Å². The van der Waals surface area contributed by atoms with Gasteiger partial charge in [0.1, 0.15) is 5.75 Å². The second kappa shape index (κ2) is 5.02. The van der Waals surface area contributed by atoms with Crippen molar-refractivity contribution in [1.82, 2.24) is 4.90 Å². The van der Waals surface area contributed by atoms with Crippen LogP contribution in [-0.2, 0) is 6.54 Å². The summed E-state index contributed by atoms with van der Waals surface area (Å²) in [6, 6.07) is 6.84. The molecule has 0 saturated carbocycles. The summed E-state index contributed by atoms with van der Waals surface area (Å²) >= 11 is 0. The van der Waals surface area contributed by atoms with E-state index < -0.39 is 0 Å². The van der Waals surface area contributed by atoms with Crippen molar-refractivity contribution in [3.63, 3.8) is 0 Å². The third-order valence-corrected chi connectivity index (χ3v) is 4.52. The molecule has 2 bridgehead atoms. The minimum atomic E-state index is -0.114. The van der Waals surface area contributed by atoms with E-state index in [1.807, 2.05) is 18.2 Å². The highest BCUT2D eigenvalue weighted by molar-refractivity contribution is 5.47. The predicted octanol–water partition coefficient (Wildman–Crippen LogP) is 1.77. The number of aliphatic hydroxyl groups excluding tert-OH is 1. The van der Waals surface area contributed by atoms with Crippen molar-refractivity contribution in [1.29, 1.82) is 0 Å². The van der Waals surface area contributed by atoms with Crippen LogP contribution in [0.1, 0.15) is 31.2 Å². The summed E-state index contributed by atoms with van der Waals surface area (Å²) in [7, 11) is 1.70. The molecule has 4 nitrogen and oxygen atoms in total. The van der Waals surface area contributed by atoms with Gasteiger partial charge >= 0.3 is 0 Å². The van der Waals surface area contributed by atoms with Crippen LogP contribution >= 0.6 is 0 Å². The molecule has 2 aliphatic heterocycles. The zero-order valence-electron chi connectivity index (χ0n) is 11.4. The molecule has 2 saturated heterocycles. The first-order valence-electron chi connectivity index (χ1n) is 7.03. The van der Waals surface area contributed by atoms with E-state index in [9.17, 15) is 5.11 Å². The normalized spacial score (nSPS) is 30.5. The Labute approximate surface area is 114 Å². The van der Waals surface area contributed by atoms with Crippen molar-refractivity contribution in [2.75, 3.05) is 12.8 Å². The van der Waals surface area contributed by atoms with E-state index in [-0.39, 0.29) is 6.10 Å². The fourth-order valence-electron chi connectivity index (χ4n) is 3.62. The Bertz CT molecular complexity index is 449. The zero-order valence-corrected chi connectivity index (χ0v) is 11.4. The van der Waals surface area contributed by atoms with Crippen LogP contribution in [-0.4, -0.2) is 35.3 Å². The average molecular weight is 262 g/mol. The Hall–Kier alpha value is -1.26. The number of nitrogens with two attached hydrogens (primary N) is 1. The minimum absolute atomic E-state index is 0.114. The van der Waals surface area contributed by atoms with Gasteiger partial charge in [0.05, 0.1) is 13.2 Å². The maximum atomic E-state index is 9.85. The molecule has 0 spiro atoms. The first-order chi connectivity index (χ1) is 9.17. The molecule has 2 fully saturated rings. The maximum Gasteiger partial charge on any atom is 0.123 e. The van der Waals surface area contributed by atoms with E-state index in [0.717, 1.165) is 36.4 Å². The molecule has 1 aromatic carbocycles. The number of fused-ring (bicyclic) bond motifs is 2. The fraction of sp³-hybridized carbons (Fsp3) is 0.600. The smallest absolute Gasteiger partial charge is 0.123 e. The summed E-state index contributed by atoms with van der Waals surface area (Å²) in [6.45, 7) is 0.871. The molecule has 2 atom stereocenters. The molecular weight excluding hydrogens is 240 g/mol. The molecule has 0 aromatic heterocycles. The van der Waals surface area contributed by atoms with Gasteiger partial charge in [0, 0.05) is 29.9 Å². The lowest BCUT2D eigenvalue weighted by molar-refractivity contribution is 0.0307. The van der Waals surface area contributed by atoms with E-state index in [1.54, 1.807) is 7.11 Å². The van der Waals surface area contributed by atoms with Crippen LogP contribution < -0.4 is 10.5 Å². The third-order valence-electron chi connectivity index (χ3n) is 4.52. The molecular formula is C15H22N2O2. The number of anilines is 1. The average Bonchev–Trinajstić information content (AvgIpc) is 2.62. The Kier molecular flexibility index (Phi) is 3.37. The van der Waals surface area contributed by atoms with Crippen LogP contribution in [0, 0.1) is 0 Å². The Balaban J connectivity index is 1.80. The van der Waals surface area contributed by atoms with E-state index >= 15 is 0 Å². The van der Waals surface area contributed by atoms with Crippen molar-refractivity contribution in [3.8, 4) is 5.75 Å². The van der Waals surface area contributed by atoms with Gasteiger partial charge in [-0.2, -0.15) is 0 Å². The quantitative estimate of drug-likeness (QED) is 0.815. The molecule has 2 unspecified atom stereocenters. The Morgan fingerprint density at radius 2 is 2.00 bits per heavy atom. The number of aliphatic hydroxyl groups is 1. The SMILES string of the molecule is COc1ccc(N)cc1CN1C2CCC1CC(O)C2. The van der Waals surface area contributed by atoms with E-state index in [1.165, 1.54) is 12.8 Å². The van der Waals surface area contributed by atoms with Gasteiger partial charge in [-0.15, -0.1) is 0 Å². The van der Waals surface area contributed by atoms with Gasteiger partial charge in [-0.3, -0.25) is 4.90 Å². The number of rotatable bonds is 3. The van der Waals surface area contributed by atoms with Gasteiger partial charge in [-0.1, -0.05) is 0 Å². The summed E-state index contributed by atoms with van der Waals surface area (Å²) in [5, 5.41) is 9.85. The summed E-state index contributed by atoms with van der Waals surface area (Å²) in [6.07, 6.45) is 4.09. The molecule has 0 aliphatic carbocycles. The highest BCUT2D eigenvalue weighted by Crippen LogP contribution is 2.38. The first-order valence-corrected chi connectivity index (χ1v) is 7.03. The Morgan fingerprint density at radius 1 is 1.32 bits per heavy atom. The molecule has 1 aromatic rings. The number of hydrogen-bond donors (Lipinski definition) is 2. The molecule has 104 valence electrons. The van der Waals surface area contributed by atoms with Crippen molar-refractivity contribution in [2.45, 2.75) is 50.4 Å². The van der Waals surface area contributed by atoms with Gasteiger partial charge in [0.25, 0.3) is 0 Å². The molecule has 3 rings (SSSR count). The van der Waals surface area contributed by atoms with Crippen LogP contribution in [0.2, 0.25) is 0 Å². The number of methoxy groups -OCH3 is 1. The molecule has 0 radical (unpaired) electrons. The molecule has 0 amide bonds. The maximum absolute atomic E-state index is 9.85. The van der Waals surface area contributed by atoms with Crippen LogP contribution in [0.4, 0.5) is 5.69 Å². The largest absolute Gasteiger partial charge is 0.496 e. The van der Waals surface area contributed by atoms with Crippen LogP contribution in [0.15, 0.2) is 18.2 Å².